The summed E-state index contributed by atoms with van der Waals surface area (Å²) in [4.78, 5) is 15.1. The Kier molecular flexibility index (Phi) is 4.46. The van der Waals surface area contributed by atoms with Gasteiger partial charge in [0, 0.05) is 19.6 Å². The molecule has 1 saturated carbocycles. The van der Waals surface area contributed by atoms with Crippen LogP contribution in [-0.2, 0) is 4.79 Å². The average Bonchev–Trinajstić information content (AvgIpc) is 2.94. The molecule has 0 bridgehead atoms. The van der Waals surface area contributed by atoms with Crippen LogP contribution in [0.2, 0.25) is 0 Å². The van der Waals surface area contributed by atoms with Gasteiger partial charge >= 0.3 is 0 Å². The summed E-state index contributed by atoms with van der Waals surface area (Å²) in [5, 5.41) is 3.48. The highest BCUT2D eigenvalue weighted by Gasteiger charge is 2.52. The lowest BCUT2D eigenvalue weighted by Gasteiger charge is -2.39. The number of nitrogens with zero attached hydrogens (tertiary/aromatic N) is 1. The molecule has 0 spiro atoms. The molecule has 1 amide bonds. The monoisotopic (exact) mass is 286 g/mol. The summed E-state index contributed by atoms with van der Waals surface area (Å²) in [7, 11) is 0. The zero-order chi connectivity index (χ0) is 12.8. The summed E-state index contributed by atoms with van der Waals surface area (Å²) in [6.07, 6.45) is 4.91. The van der Waals surface area contributed by atoms with E-state index in [-0.39, 0.29) is 17.8 Å². The molecular formula is C15H27ClN2O. The highest BCUT2D eigenvalue weighted by Crippen LogP contribution is 2.45. The Morgan fingerprint density at radius 3 is 2.58 bits per heavy atom. The molecule has 1 aliphatic carbocycles. The van der Waals surface area contributed by atoms with Crippen LogP contribution in [0.4, 0.5) is 0 Å². The van der Waals surface area contributed by atoms with Gasteiger partial charge in [-0.3, -0.25) is 4.79 Å². The fourth-order valence-electron chi connectivity index (χ4n) is 4.28. The topological polar surface area (TPSA) is 32.3 Å². The standard InChI is InChI=1S/C15H26N2O.ClH/c1-11-8-17(9-12(11)2)14(18)15-6-4-3-5-13(15)7-16-10-15;/h11-13,16H,3-10H2,1-2H3;1H/t11?,12?,13-,15+;/m0./s1. The van der Waals surface area contributed by atoms with Gasteiger partial charge in [-0.05, 0) is 37.1 Å². The Morgan fingerprint density at radius 1 is 1.21 bits per heavy atom. The Balaban J connectivity index is 0.00000133. The van der Waals surface area contributed by atoms with Gasteiger partial charge in [0.2, 0.25) is 5.91 Å². The minimum absolute atomic E-state index is 0. The number of rotatable bonds is 1. The van der Waals surface area contributed by atoms with E-state index < -0.39 is 0 Å². The van der Waals surface area contributed by atoms with Crippen LogP contribution < -0.4 is 5.32 Å². The molecule has 0 radical (unpaired) electrons. The van der Waals surface area contributed by atoms with E-state index in [9.17, 15) is 4.79 Å². The van der Waals surface area contributed by atoms with Gasteiger partial charge in [-0.1, -0.05) is 26.7 Å². The van der Waals surface area contributed by atoms with E-state index in [1.165, 1.54) is 19.3 Å². The Bertz CT molecular complexity index is 339. The Labute approximate surface area is 122 Å². The molecular weight excluding hydrogens is 260 g/mol. The van der Waals surface area contributed by atoms with E-state index in [2.05, 4.69) is 24.1 Å². The van der Waals surface area contributed by atoms with E-state index in [0.29, 0.717) is 23.7 Å². The molecule has 0 aromatic heterocycles. The first kappa shape index (κ1) is 15.1. The van der Waals surface area contributed by atoms with Crippen LogP contribution in [0.15, 0.2) is 0 Å². The smallest absolute Gasteiger partial charge is 0.230 e. The second kappa shape index (κ2) is 5.61. The first-order chi connectivity index (χ1) is 8.63. The van der Waals surface area contributed by atoms with E-state index in [0.717, 1.165) is 32.6 Å². The number of carbonyl (C=O) groups excluding carboxylic acids is 1. The van der Waals surface area contributed by atoms with Crippen LogP contribution in [0, 0.1) is 23.2 Å². The van der Waals surface area contributed by atoms with E-state index in [1.807, 2.05) is 0 Å². The minimum Gasteiger partial charge on any atom is -0.342 e. The van der Waals surface area contributed by atoms with Crippen molar-refractivity contribution in [3.8, 4) is 0 Å². The first-order valence-corrected chi connectivity index (χ1v) is 7.63. The normalized spacial score (nSPS) is 41.8. The maximum Gasteiger partial charge on any atom is 0.230 e. The number of hydrogen-bond donors (Lipinski definition) is 1. The van der Waals surface area contributed by atoms with Crippen molar-refractivity contribution < 1.29 is 4.79 Å². The van der Waals surface area contributed by atoms with E-state index in [1.54, 1.807) is 0 Å². The highest BCUT2D eigenvalue weighted by atomic mass is 35.5. The van der Waals surface area contributed by atoms with Crippen LogP contribution >= 0.6 is 12.4 Å². The molecule has 4 heteroatoms. The summed E-state index contributed by atoms with van der Waals surface area (Å²) in [5.74, 6) is 2.40. The molecule has 19 heavy (non-hydrogen) atoms. The number of likely N-dealkylation sites (tertiary alicyclic amines) is 1. The SMILES string of the molecule is CC1CN(C(=O)[C@@]23CCCC[C@H]2CNC3)CC1C.Cl. The second-order valence-corrected chi connectivity index (χ2v) is 6.89. The summed E-state index contributed by atoms with van der Waals surface area (Å²) in [5.41, 5.74) is -0.0397. The zero-order valence-corrected chi connectivity index (χ0v) is 13.0. The van der Waals surface area contributed by atoms with Crippen molar-refractivity contribution in [3.63, 3.8) is 0 Å². The largest absolute Gasteiger partial charge is 0.342 e. The van der Waals surface area contributed by atoms with Crippen molar-refractivity contribution in [3.05, 3.63) is 0 Å². The number of amides is 1. The quantitative estimate of drug-likeness (QED) is 0.802. The predicted octanol–water partition coefficient (Wildman–Crippen LogP) is 2.30. The number of hydrogen-bond acceptors (Lipinski definition) is 2. The van der Waals surface area contributed by atoms with Gasteiger partial charge in [0.15, 0.2) is 0 Å². The van der Waals surface area contributed by atoms with Crippen LogP contribution in [0.5, 0.6) is 0 Å². The molecule has 0 aromatic carbocycles. The first-order valence-electron chi connectivity index (χ1n) is 7.63. The van der Waals surface area contributed by atoms with Crippen molar-refractivity contribution in [2.24, 2.45) is 23.2 Å². The maximum atomic E-state index is 13.0. The molecule has 2 unspecified atom stereocenters. The van der Waals surface area contributed by atoms with Crippen LogP contribution in [0.1, 0.15) is 39.5 Å². The molecule has 3 aliphatic rings. The fourth-order valence-corrected chi connectivity index (χ4v) is 4.28. The fraction of sp³-hybridized carbons (Fsp3) is 0.933. The van der Waals surface area contributed by atoms with Crippen LogP contribution in [0.3, 0.4) is 0 Å². The average molecular weight is 287 g/mol. The van der Waals surface area contributed by atoms with Gasteiger partial charge in [0.1, 0.15) is 0 Å². The van der Waals surface area contributed by atoms with Crippen molar-refractivity contribution >= 4 is 18.3 Å². The molecule has 2 saturated heterocycles. The third-order valence-electron chi connectivity index (χ3n) is 5.74. The van der Waals surface area contributed by atoms with Crippen LogP contribution in [0.25, 0.3) is 0 Å². The van der Waals surface area contributed by atoms with Crippen molar-refractivity contribution in [2.45, 2.75) is 39.5 Å². The third kappa shape index (κ3) is 2.40. The summed E-state index contributed by atoms with van der Waals surface area (Å²) in [6.45, 7) is 8.51. The minimum atomic E-state index is -0.0397. The lowest BCUT2D eigenvalue weighted by molar-refractivity contribution is -0.144. The van der Waals surface area contributed by atoms with E-state index in [4.69, 9.17) is 0 Å². The maximum absolute atomic E-state index is 13.0. The highest BCUT2D eigenvalue weighted by molar-refractivity contribution is 5.85. The molecule has 3 nitrogen and oxygen atoms in total. The van der Waals surface area contributed by atoms with Gasteiger partial charge in [-0.2, -0.15) is 0 Å². The molecule has 2 aliphatic heterocycles. The molecule has 0 aromatic rings. The number of fused-ring (bicyclic) bond motifs is 1. The lowest BCUT2D eigenvalue weighted by atomic mass is 9.67. The molecule has 3 rings (SSSR count). The summed E-state index contributed by atoms with van der Waals surface area (Å²) < 4.78 is 0. The second-order valence-electron chi connectivity index (χ2n) is 6.89. The Hall–Kier alpha value is -0.280. The van der Waals surface area contributed by atoms with Crippen LogP contribution in [-0.4, -0.2) is 37.0 Å². The van der Waals surface area contributed by atoms with Crippen molar-refractivity contribution in [1.29, 1.82) is 0 Å². The molecule has 1 N–H and O–H groups in total. The van der Waals surface area contributed by atoms with Crippen molar-refractivity contribution in [2.75, 3.05) is 26.2 Å². The molecule has 2 heterocycles. The van der Waals surface area contributed by atoms with E-state index >= 15 is 0 Å². The molecule has 110 valence electrons. The number of nitrogens with one attached hydrogen (secondary N) is 1. The summed E-state index contributed by atoms with van der Waals surface area (Å²) in [6, 6.07) is 0. The lowest BCUT2D eigenvalue weighted by Crippen LogP contribution is -2.49. The number of halogens is 1. The van der Waals surface area contributed by atoms with Crippen molar-refractivity contribution in [1.82, 2.24) is 10.2 Å². The molecule has 3 fully saturated rings. The Morgan fingerprint density at radius 2 is 1.89 bits per heavy atom. The zero-order valence-electron chi connectivity index (χ0n) is 12.2. The van der Waals surface area contributed by atoms with Gasteiger partial charge < -0.3 is 10.2 Å². The summed E-state index contributed by atoms with van der Waals surface area (Å²) >= 11 is 0. The number of carbonyl (C=O) groups is 1. The molecule has 4 atom stereocenters. The van der Waals surface area contributed by atoms with Gasteiger partial charge in [0.05, 0.1) is 5.41 Å². The van der Waals surface area contributed by atoms with Gasteiger partial charge in [0.25, 0.3) is 0 Å². The predicted molar refractivity (Wildman–Crippen MR) is 79.4 cm³/mol. The van der Waals surface area contributed by atoms with Gasteiger partial charge in [-0.15, -0.1) is 12.4 Å². The van der Waals surface area contributed by atoms with Gasteiger partial charge in [-0.25, -0.2) is 0 Å². The third-order valence-corrected chi connectivity index (χ3v) is 5.74.